The van der Waals surface area contributed by atoms with Crippen molar-refractivity contribution in [3.05, 3.63) is 58.9 Å². The first-order valence-electron chi connectivity index (χ1n) is 7.21. The van der Waals surface area contributed by atoms with Crippen molar-refractivity contribution < 1.29 is 22.4 Å². The minimum absolute atomic E-state index is 0.0191. The van der Waals surface area contributed by atoms with Gasteiger partial charge in [0.15, 0.2) is 0 Å². The summed E-state index contributed by atoms with van der Waals surface area (Å²) in [6.07, 6.45) is -0.123. The number of sulfonamides is 1. The van der Waals surface area contributed by atoms with Crippen LogP contribution in [-0.4, -0.2) is 26.0 Å². The minimum atomic E-state index is -3.76. The van der Waals surface area contributed by atoms with Gasteiger partial charge in [-0.25, -0.2) is 17.1 Å². The van der Waals surface area contributed by atoms with E-state index in [2.05, 4.69) is 5.32 Å². The van der Waals surface area contributed by atoms with Gasteiger partial charge >= 0.3 is 0 Å². The van der Waals surface area contributed by atoms with Crippen LogP contribution in [0.3, 0.4) is 0 Å². The average Bonchev–Trinajstić information content (AvgIpc) is 2.83. The lowest BCUT2D eigenvalue weighted by molar-refractivity contribution is -0.116. The fourth-order valence-corrected chi connectivity index (χ4v) is 4.09. The van der Waals surface area contributed by atoms with Crippen LogP contribution in [0.25, 0.3) is 0 Å². The zero-order chi connectivity index (χ0) is 18.2. The highest BCUT2D eigenvalue weighted by atomic mass is 35.5. The summed E-state index contributed by atoms with van der Waals surface area (Å²) in [6, 6.07) is 9.42. The number of nitrogens with one attached hydrogen (secondary N) is 1. The van der Waals surface area contributed by atoms with E-state index in [0.717, 1.165) is 0 Å². The molecule has 9 heteroatoms. The molecule has 1 heterocycles. The van der Waals surface area contributed by atoms with E-state index in [1.54, 1.807) is 6.07 Å². The molecule has 130 valence electrons. The first kappa shape index (κ1) is 17.4. The number of halogens is 2. The van der Waals surface area contributed by atoms with Crippen molar-refractivity contribution in [3.8, 4) is 0 Å². The highest BCUT2D eigenvalue weighted by molar-refractivity contribution is 7.94. The molecule has 25 heavy (non-hydrogen) atoms. The number of carbonyl (C=O) groups is 2. The third-order valence-corrected chi connectivity index (χ3v) is 5.65. The van der Waals surface area contributed by atoms with Gasteiger partial charge in [-0.2, -0.15) is 0 Å². The molecule has 6 nitrogen and oxygen atoms in total. The van der Waals surface area contributed by atoms with E-state index in [9.17, 15) is 22.4 Å². The molecule has 0 aliphatic carbocycles. The predicted octanol–water partition coefficient (Wildman–Crippen LogP) is 2.80. The number of para-hydroxylation sites is 1. The third-order valence-electron chi connectivity index (χ3n) is 3.63. The van der Waals surface area contributed by atoms with E-state index >= 15 is 0 Å². The Morgan fingerprint density at radius 3 is 2.56 bits per heavy atom. The number of carbonyl (C=O) groups excluding carboxylic acids is 2. The summed E-state index contributed by atoms with van der Waals surface area (Å²) in [4.78, 5) is 24.2. The van der Waals surface area contributed by atoms with E-state index in [0.29, 0.717) is 4.31 Å². The fraction of sp³-hybridized carbons (Fsp3) is 0.125. The van der Waals surface area contributed by atoms with Crippen molar-refractivity contribution in [1.82, 2.24) is 0 Å². The molecule has 0 aromatic heterocycles. The van der Waals surface area contributed by atoms with Gasteiger partial charge in [-0.15, -0.1) is 0 Å². The van der Waals surface area contributed by atoms with Crippen molar-refractivity contribution >= 4 is 44.8 Å². The van der Waals surface area contributed by atoms with Crippen LogP contribution in [0.2, 0.25) is 5.02 Å². The highest BCUT2D eigenvalue weighted by Crippen LogP contribution is 2.29. The van der Waals surface area contributed by atoms with Crippen molar-refractivity contribution in [3.63, 3.8) is 0 Å². The van der Waals surface area contributed by atoms with E-state index in [1.165, 1.54) is 36.4 Å². The van der Waals surface area contributed by atoms with Crippen molar-refractivity contribution in [1.29, 1.82) is 0 Å². The number of anilines is 2. The fourth-order valence-electron chi connectivity index (χ4n) is 2.43. The maximum Gasteiger partial charge on any atom is 0.257 e. The van der Waals surface area contributed by atoms with Crippen LogP contribution in [-0.2, 0) is 14.8 Å². The topological polar surface area (TPSA) is 83.6 Å². The lowest BCUT2D eigenvalue weighted by atomic mass is 10.1. The molecule has 2 aromatic rings. The molecule has 0 bridgehead atoms. The minimum Gasteiger partial charge on any atom is -0.319 e. The highest BCUT2D eigenvalue weighted by Gasteiger charge is 2.36. The predicted molar refractivity (Wildman–Crippen MR) is 91.7 cm³/mol. The van der Waals surface area contributed by atoms with Gasteiger partial charge < -0.3 is 5.32 Å². The van der Waals surface area contributed by atoms with E-state index < -0.39 is 27.7 Å². The lowest BCUT2D eigenvalue weighted by Gasteiger charge is -2.16. The second-order valence-corrected chi connectivity index (χ2v) is 7.67. The van der Waals surface area contributed by atoms with Gasteiger partial charge in [0.25, 0.3) is 5.91 Å². The third kappa shape index (κ3) is 3.35. The maximum atomic E-state index is 13.7. The molecule has 0 unspecified atom stereocenters. The summed E-state index contributed by atoms with van der Waals surface area (Å²) >= 11 is 6.00. The van der Waals surface area contributed by atoms with Gasteiger partial charge in [-0.3, -0.25) is 9.59 Å². The summed E-state index contributed by atoms with van der Waals surface area (Å²) < 4.78 is 38.3. The van der Waals surface area contributed by atoms with Gasteiger partial charge in [-0.05, 0) is 30.3 Å². The van der Waals surface area contributed by atoms with Crippen LogP contribution in [0, 0.1) is 5.82 Å². The molecule has 1 aliphatic rings. The van der Waals surface area contributed by atoms with Crippen molar-refractivity contribution in [2.45, 2.75) is 6.42 Å². The molecule has 2 amide bonds. The molecule has 1 saturated heterocycles. The molecule has 0 atom stereocenters. The van der Waals surface area contributed by atoms with Crippen LogP contribution >= 0.6 is 11.6 Å². The van der Waals surface area contributed by atoms with Crippen molar-refractivity contribution in [2.24, 2.45) is 0 Å². The number of rotatable bonds is 3. The Morgan fingerprint density at radius 2 is 1.92 bits per heavy atom. The molecular formula is C16H12ClFN2O4S. The zero-order valence-electron chi connectivity index (χ0n) is 12.7. The zero-order valence-corrected chi connectivity index (χ0v) is 14.3. The Bertz CT molecular complexity index is 978. The maximum absolute atomic E-state index is 13.7. The van der Waals surface area contributed by atoms with Gasteiger partial charge in [0.2, 0.25) is 15.9 Å². The average molecular weight is 383 g/mol. The van der Waals surface area contributed by atoms with E-state index in [4.69, 9.17) is 11.6 Å². The van der Waals surface area contributed by atoms with Crippen LogP contribution < -0.4 is 9.62 Å². The van der Waals surface area contributed by atoms with Gasteiger partial charge in [0.1, 0.15) is 5.82 Å². The first-order chi connectivity index (χ1) is 11.8. The van der Waals surface area contributed by atoms with Gasteiger partial charge in [0, 0.05) is 6.42 Å². The Balaban J connectivity index is 1.96. The van der Waals surface area contributed by atoms with Crippen LogP contribution in [0.1, 0.15) is 16.8 Å². The van der Waals surface area contributed by atoms with Gasteiger partial charge in [0.05, 0.1) is 27.7 Å². The molecular weight excluding hydrogens is 371 g/mol. The van der Waals surface area contributed by atoms with Crippen LogP contribution in [0.5, 0.6) is 0 Å². The summed E-state index contributed by atoms with van der Waals surface area (Å²) in [5.41, 5.74) is -0.0956. The smallest absolute Gasteiger partial charge is 0.257 e. The summed E-state index contributed by atoms with van der Waals surface area (Å²) in [5, 5.41) is 2.41. The summed E-state index contributed by atoms with van der Waals surface area (Å²) in [7, 11) is -3.76. The van der Waals surface area contributed by atoms with Crippen LogP contribution in [0.15, 0.2) is 42.5 Å². The second kappa shape index (κ2) is 6.45. The largest absolute Gasteiger partial charge is 0.319 e. The lowest BCUT2D eigenvalue weighted by Crippen LogP contribution is -2.29. The first-order valence-corrected chi connectivity index (χ1v) is 9.19. The van der Waals surface area contributed by atoms with Crippen molar-refractivity contribution in [2.75, 3.05) is 15.4 Å². The second-order valence-electron chi connectivity index (χ2n) is 5.32. The molecule has 3 rings (SSSR count). The summed E-state index contributed by atoms with van der Waals surface area (Å²) in [5.74, 6) is -2.21. The quantitative estimate of drug-likeness (QED) is 0.884. The summed E-state index contributed by atoms with van der Waals surface area (Å²) in [6.45, 7) is 0. The molecule has 2 aromatic carbocycles. The Morgan fingerprint density at radius 1 is 1.20 bits per heavy atom. The molecule has 0 radical (unpaired) electrons. The molecule has 1 fully saturated rings. The van der Waals surface area contributed by atoms with Crippen LogP contribution in [0.4, 0.5) is 15.8 Å². The van der Waals surface area contributed by atoms with E-state index in [-0.39, 0.29) is 34.1 Å². The number of nitrogens with zero attached hydrogens (tertiary/aromatic N) is 1. The number of amides is 2. The Hall–Kier alpha value is -2.45. The van der Waals surface area contributed by atoms with E-state index in [1.807, 2.05) is 0 Å². The SMILES string of the molecule is O=C(Nc1ccccc1F)c1cc(N2C(=O)CCS2(=O)=O)ccc1Cl. The standard InChI is InChI=1S/C16H12ClFN2O4S/c17-12-6-5-10(20-15(21)7-8-25(20,23)24)9-11(12)16(22)19-14-4-2-1-3-13(14)18/h1-6,9H,7-8H2,(H,19,22). The molecule has 0 spiro atoms. The molecule has 1 aliphatic heterocycles. The molecule has 0 saturated carbocycles. The molecule has 1 N–H and O–H groups in total. The Kier molecular flexibility index (Phi) is 4.49. The Labute approximate surface area is 148 Å². The normalized spacial score (nSPS) is 16.1. The number of hydrogen-bond donors (Lipinski definition) is 1. The number of hydrogen-bond acceptors (Lipinski definition) is 4. The number of benzene rings is 2. The monoisotopic (exact) mass is 382 g/mol. The van der Waals surface area contributed by atoms with Gasteiger partial charge in [-0.1, -0.05) is 23.7 Å².